The van der Waals surface area contributed by atoms with Crippen molar-refractivity contribution in [3.8, 4) is 11.3 Å². The number of carbonyl (C=O) groups excluding carboxylic acids is 2. The SMILES string of the molecule is Cc1c(NC(=O)c2nc3c(n2C)CCN(CC2COC(C)(C)O2)C3)cccc1-c1nccc(NC(=O)c2nc3c(n2C)CCN(C)C3)c1Cl. The van der Waals surface area contributed by atoms with Gasteiger partial charge in [0.05, 0.1) is 40.5 Å². The maximum Gasteiger partial charge on any atom is 0.291 e. The topological polar surface area (TPSA) is 132 Å². The zero-order valence-electron chi connectivity index (χ0n) is 28.8. The first kappa shape index (κ1) is 33.4. The lowest BCUT2D eigenvalue weighted by Gasteiger charge is -2.28. The second-order valence-corrected chi connectivity index (χ2v) is 14.0. The molecular weight excluding hydrogens is 646 g/mol. The molecule has 13 nitrogen and oxygen atoms in total. The normalized spacial score (nSPS) is 19.0. The Morgan fingerprint density at radius 2 is 1.59 bits per heavy atom. The van der Waals surface area contributed by atoms with Gasteiger partial charge in [-0.15, -0.1) is 0 Å². The molecule has 6 heterocycles. The molecule has 0 radical (unpaired) electrons. The van der Waals surface area contributed by atoms with E-state index in [0.717, 1.165) is 66.4 Å². The van der Waals surface area contributed by atoms with E-state index >= 15 is 0 Å². The molecule has 0 saturated carbocycles. The molecule has 3 aromatic heterocycles. The molecule has 0 aliphatic carbocycles. The summed E-state index contributed by atoms with van der Waals surface area (Å²) in [4.78, 5) is 45.5. The lowest BCUT2D eigenvalue weighted by Crippen LogP contribution is -2.38. The van der Waals surface area contributed by atoms with Gasteiger partial charge in [0.15, 0.2) is 17.4 Å². The number of hydrogen-bond donors (Lipinski definition) is 2. The molecule has 7 rings (SSSR count). The van der Waals surface area contributed by atoms with Crippen molar-refractivity contribution in [3.63, 3.8) is 0 Å². The molecule has 2 amide bonds. The monoisotopic (exact) mass is 687 g/mol. The van der Waals surface area contributed by atoms with Gasteiger partial charge < -0.3 is 34.1 Å². The summed E-state index contributed by atoms with van der Waals surface area (Å²) in [5.74, 6) is -0.527. The predicted octanol–water partition coefficient (Wildman–Crippen LogP) is 4.18. The van der Waals surface area contributed by atoms with Gasteiger partial charge in [-0.2, -0.15) is 0 Å². The van der Waals surface area contributed by atoms with E-state index in [4.69, 9.17) is 26.1 Å². The van der Waals surface area contributed by atoms with E-state index in [1.54, 1.807) is 12.3 Å². The van der Waals surface area contributed by atoms with E-state index in [-0.39, 0.29) is 17.9 Å². The number of aromatic nitrogens is 5. The fourth-order valence-corrected chi connectivity index (χ4v) is 7.32. The summed E-state index contributed by atoms with van der Waals surface area (Å²) >= 11 is 6.89. The van der Waals surface area contributed by atoms with Gasteiger partial charge in [-0.25, -0.2) is 9.97 Å². The van der Waals surface area contributed by atoms with Crippen LogP contribution < -0.4 is 10.6 Å². The van der Waals surface area contributed by atoms with Crippen LogP contribution in [-0.2, 0) is 49.5 Å². The van der Waals surface area contributed by atoms with E-state index in [1.807, 2.05) is 69.2 Å². The highest BCUT2D eigenvalue weighted by atomic mass is 35.5. The second-order valence-electron chi connectivity index (χ2n) is 13.6. The van der Waals surface area contributed by atoms with Crippen molar-refractivity contribution in [2.24, 2.45) is 14.1 Å². The fraction of sp³-hybridized carbons (Fsp3) is 0.457. The number of nitrogens with zero attached hydrogens (tertiary/aromatic N) is 7. The Kier molecular flexibility index (Phi) is 8.82. The Hall–Kier alpha value is -4.14. The van der Waals surface area contributed by atoms with Gasteiger partial charge >= 0.3 is 0 Å². The van der Waals surface area contributed by atoms with E-state index in [2.05, 4.69) is 30.4 Å². The Morgan fingerprint density at radius 1 is 0.939 bits per heavy atom. The van der Waals surface area contributed by atoms with E-state index in [1.165, 1.54) is 0 Å². The minimum Gasteiger partial charge on any atom is -0.348 e. The number of likely N-dealkylation sites (N-methyl/N-ethyl adjacent to an activating group) is 1. The molecule has 1 fully saturated rings. The van der Waals surface area contributed by atoms with Crippen LogP contribution in [0, 0.1) is 6.92 Å². The number of pyridine rings is 1. The second kappa shape index (κ2) is 13.0. The van der Waals surface area contributed by atoms with Crippen LogP contribution in [0.25, 0.3) is 11.3 Å². The number of carbonyl (C=O) groups is 2. The van der Waals surface area contributed by atoms with Gasteiger partial charge in [-0.1, -0.05) is 23.7 Å². The number of fused-ring (bicyclic) bond motifs is 2. The zero-order chi connectivity index (χ0) is 34.6. The van der Waals surface area contributed by atoms with Crippen molar-refractivity contribution in [2.75, 3.05) is 43.9 Å². The van der Waals surface area contributed by atoms with Crippen molar-refractivity contribution < 1.29 is 19.1 Å². The van der Waals surface area contributed by atoms with Crippen LogP contribution in [0.4, 0.5) is 11.4 Å². The number of nitrogens with one attached hydrogen (secondary N) is 2. The molecule has 49 heavy (non-hydrogen) atoms. The lowest BCUT2D eigenvalue weighted by atomic mass is 10.0. The van der Waals surface area contributed by atoms with Crippen molar-refractivity contribution in [1.82, 2.24) is 33.9 Å². The third-order valence-corrected chi connectivity index (χ3v) is 10.1. The van der Waals surface area contributed by atoms with Crippen LogP contribution in [0.2, 0.25) is 5.02 Å². The van der Waals surface area contributed by atoms with Crippen molar-refractivity contribution >= 4 is 34.8 Å². The smallest absolute Gasteiger partial charge is 0.291 e. The molecule has 4 aromatic rings. The van der Waals surface area contributed by atoms with E-state index in [9.17, 15) is 9.59 Å². The molecule has 1 atom stereocenters. The molecule has 1 saturated heterocycles. The summed E-state index contributed by atoms with van der Waals surface area (Å²) in [6, 6.07) is 7.24. The number of amides is 2. The molecule has 2 N–H and O–H groups in total. The quantitative estimate of drug-likeness (QED) is 0.294. The number of rotatable bonds is 7. The van der Waals surface area contributed by atoms with Crippen LogP contribution in [0.5, 0.6) is 0 Å². The summed E-state index contributed by atoms with van der Waals surface area (Å²) in [6.45, 7) is 10.2. The largest absolute Gasteiger partial charge is 0.348 e. The number of anilines is 2. The first-order chi connectivity index (χ1) is 23.4. The Bertz CT molecular complexity index is 1950. The van der Waals surface area contributed by atoms with Crippen molar-refractivity contribution in [2.45, 2.75) is 58.6 Å². The van der Waals surface area contributed by atoms with Crippen molar-refractivity contribution in [3.05, 3.63) is 75.5 Å². The number of halogens is 1. The first-order valence-corrected chi connectivity index (χ1v) is 16.9. The highest BCUT2D eigenvalue weighted by Gasteiger charge is 2.35. The molecule has 1 aromatic carbocycles. The van der Waals surface area contributed by atoms with Crippen molar-refractivity contribution in [1.29, 1.82) is 0 Å². The average Bonchev–Trinajstić information content (AvgIpc) is 3.70. The van der Waals surface area contributed by atoms with Crippen LogP contribution in [0.15, 0.2) is 30.5 Å². The summed E-state index contributed by atoms with van der Waals surface area (Å²) in [6.07, 6.45) is 3.23. The molecule has 1 unspecified atom stereocenters. The summed E-state index contributed by atoms with van der Waals surface area (Å²) in [7, 11) is 5.80. The minimum atomic E-state index is -0.561. The van der Waals surface area contributed by atoms with Gasteiger partial charge in [-0.05, 0) is 45.5 Å². The van der Waals surface area contributed by atoms with E-state index in [0.29, 0.717) is 53.4 Å². The number of hydrogen-bond acceptors (Lipinski definition) is 9. The minimum absolute atomic E-state index is 0.00621. The highest BCUT2D eigenvalue weighted by molar-refractivity contribution is 6.36. The molecule has 14 heteroatoms. The Balaban J connectivity index is 1.07. The van der Waals surface area contributed by atoms with Gasteiger partial charge in [0.1, 0.15) is 0 Å². The van der Waals surface area contributed by atoms with Gasteiger partial charge in [0.2, 0.25) is 0 Å². The standard InChI is InChI=1S/C35H42ClN9O4/c1-20-22(30-29(36)24(10-13-37-30)41-34(47)32-38-25-17-42(4)14-11-27(25)43(32)5)8-7-9-23(20)40-33(46)31-39-26-18-45(15-12-28(26)44(31)6)16-21-19-48-35(2,3)49-21/h7-10,13,21H,11-12,14-19H2,1-6H3,(H,40,46)(H,37,41,47). The molecule has 0 bridgehead atoms. The molecule has 3 aliphatic heterocycles. The summed E-state index contributed by atoms with van der Waals surface area (Å²) < 4.78 is 15.5. The zero-order valence-corrected chi connectivity index (χ0v) is 29.5. The lowest BCUT2D eigenvalue weighted by molar-refractivity contribution is -0.140. The molecular formula is C35H42ClN9O4. The van der Waals surface area contributed by atoms with Crippen LogP contribution in [0.3, 0.4) is 0 Å². The maximum atomic E-state index is 13.6. The highest BCUT2D eigenvalue weighted by Crippen LogP contribution is 2.36. The fourth-order valence-electron chi connectivity index (χ4n) is 7.06. The van der Waals surface area contributed by atoms with Crippen LogP contribution in [-0.4, -0.2) is 90.9 Å². The third kappa shape index (κ3) is 6.49. The third-order valence-electron chi connectivity index (χ3n) is 9.69. The van der Waals surface area contributed by atoms with E-state index < -0.39 is 5.79 Å². The van der Waals surface area contributed by atoms with Gasteiger partial charge in [0, 0.05) is 88.5 Å². The predicted molar refractivity (Wildman–Crippen MR) is 186 cm³/mol. The van der Waals surface area contributed by atoms with Gasteiger partial charge in [-0.3, -0.25) is 19.5 Å². The molecule has 3 aliphatic rings. The molecule has 0 spiro atoms. The number of imidazole rings is 2. The Labute approximate surface area is 290 Å². The molecule has 258 valence electrons. The number of benzene rings is 1. The summed E-state index contributed by atoms with van der Waals surface area (Å²) in [5.41, 5.74) is 6.97. The van der Waals surface area contributed by atoms with Crippen LogP contribution >= 0.6 is 11.6 Å². The Morgan fingerprint density at radius 3 is 2.27 bits per heavy atom. The van der Waals surface area contributed by atoms with Crippen LogP contribution in [0.1, 0.15) is 63.4 Å². The maximum absolute atomic E-state index is 13.6. The first-order valence-electron chi connectivity index (χ1n) is 16.6. The average molecular weight is 688 g/mol. The summed E-state index contributed by atoms with van der Waals surface area (Å²) in [5, 5.41) is 6.29. The van der Waals surface area contributed by atoms with Gasteiger partial charge in [0.25, 0.3) is 11.8 Å². The number of ether oxygens (including phenoxy) is 2.